The monoisotopic (exact) mass is 256 g/mol. The Morgan fingerprint density at radius 3 is 2.05 bits per heavy atom. The molecule has 0 bridgehead atoms. The van der Waals surface area contributed by atoms with Crippen molar-refractivity contribution in [3.05, 3.63) is 59.2 Å². The van der Waals surface area contributed by atoms with Crippen LogP contribution in [0, 0.1) is 13.8 Å². The van der Waals surface area contributed by atoms with Crippen LogP contribution in [0.2, 0.25) is 0 Å². The van der Waals surface area contributed by atoms with Crippen molar-refractivity contribution in [1.29, 1.82) is 0 Å². The normalized spacial score (nSPS) is 10.1. The van der Waals surface area contributed by atoms with Crippen LogP contribution in [0.5, 0.6) is 11.5 Å². The van der Waals surface area contributed by atoms with Gasteiger partial charge in [0.15, 0.2) is 0 Å². The highest BCUT2D eigenvalue weighted by Crippen LogP contribution is 2.28. The van der Waals surface area contributed by atoms with E-state index in [4.69, 9.17) is 4.74 Å². The molecule has 98 valence electrons. The van der Waals surface area contributed by atoms with Gasteiger partial charge in [-0.1, -0.05) is 18.2 Å². The first-order valence-electron chi connectivity index (χ1n) is 6.04. The van der Waals surface area contributed by atoms with Gasteiger partial charge in [-0.25, -0.2) is 4.79 Å². The summed E-state index contributed by atoms with van der Waals surface area (Å²) in [5.41, 5.74) is 2.67. The second kappa shape index (κ2) is 5.57. The topological polar surface area (TPSA) is 35.5 Å². The SMILES string of the molecule is COC(=O)c1ccc(Oc2c(C)cccc2C)cc1. The van der Waals surface area contributed by atoms with Gasteiger partial charge in [0.2, 0.25) is 0 Å². The third kappa shape index (κ3) is 2.94. The molecule has 0 unspecified atom stereocenters. The fraction of sp³-hybridized carbons (Fsp3) is 0.188. The lowest BCUT2D eigenvalue weighted by molar-refractivity contribution is 0.0600. The molecule has 0 amide bonds. The van der Waals surface area contributed by atoms with Crippen molar-refractivity contribution < 1.29 is 14.3 Å². The third-order valence-electron chi connectivity index (χ3n) is 2.90. The molecule has 0 spiro atoms. The van der Waals surface area contributed by atoms with Crippen LogP contribution in [0.15, 0.2) is 42.5 Å². The molecule has 19 heavy (non-hydrogen) atoms. The number of carbonyl (C=O) groups is 1. The molecule has 0 aliphatic heterocycles. The lowest BCUT2D eigenvalue weighted by Gasteiger charge is -2.11. The molecule has 2 aromatic carbocycles. The molecular formula is C16H16O3. The number of aryl methyl sites for hydroxylation is 2. The molecule has 0 saturated heterocycles. The van der Waals surface area contributed by atoms with E-state index in [1.165, 1.54) is 7.11 Å². The molecule has 0 heterocycles. The Bertz CT molecular complexity index is 565. The summed E-state index contributed by atoms with van der Waals surface area (Å²) in [6, 6.07) is 12.9. The minimum absolute atomic E-state index is 0.348. The van der Waals surface area contributed by atoms with Gasteiger partial charge in [0.25, 0.3) is 0 Å². The van der Waals surface area contributed by atoms with Crippen molar-refractivity contribution in [3.8, 4) is 11.5 Å². The summed E-state index contributed by atoms with van der Waals surface area (Å²) in [6.07, 6.45) is 0. The molecule has 0 N–H and O–H groups in total. The van der Waals surface area contributed by atoms with Crippen molar-refractivity contribution in [2.75, 3.05) is 7.11 Å². The Labute approximate surface area is 112 Å². The summed E-state index contributed by atoms with van der Waals surface area (Å²) < 4.78 is 10.5. The molecule has 0 fully saturated rings. The minimum atomic E-state index is -0.348. The van der Waals surface area contributed by atoms with Gasteiger partial charge in [0.1, 0.15) is 11.5 Å². The van der Waals surface area contributed by atoms with Crippen molar-refractivity contribution in [3.63, 3.8) is 0 Å². The Balaban J connectivity index is 2.22. The van der Waals surface area contributed by atoms with E-state index in [2.05, 4.69) is 4.74 Å². The lowest BCUT2D eigenvalue weighted by Crippen LogP contribution is -2.00. The predicted octanol–water partition coefficient (Wildman–Crippen LogP) is 3.88. The number of hydrogen-bond donors (Lipinski definition) is 0. The van der Waals surface area contributed by atoms with E-state index in [0.717, 1.165) is 16.9 Å². The lowest BCUT2D eigenvalue weighted by atomic mass is 10.1. The van der Waals surface area contributed by atoms with Gasteiger partial charge in [-0.15, -0.1) is 0 Å². The van der Waals surface area contributed by atoms with Crippen LogP contribution in [0.1, 0.15) is 21.5 Å². The Morgan fingerprint density at radius 2 is 1.53 bits per heavy atom. The summed E-state index contributed by atoms with van der Waals surface area (Å²) in [4.78, 5) is 11.3. The van der Waals surface area contributed by atoms with E-state index in [0.29, 0.717) is 11.3 Å². The highest BCUT2D eigenvalue weighted by molar-refractivity contribution is 5.89. The van der Waals surface area contributed by atoms with Crippen LogP contribution in [0.3, 0.4) is 0 Å². The highest BCUT2D eigenvalue weighted by atomic mass is 16.5. The number of carbonyl (C=O) groups excluding carboxylic acids is 1. The Hall–Kier alpha value is -2.29. The van der Waals surface area contributed by atoms with Crippen molar-refractivity contribution in [2.45, 2.75) is 13.8 Å². The molecule has 0 aromatic heterocycles. The molecule has 0 aliphatic rings. The van der Waals surface area contributed by atoms with Gasteiger partial charge in [-0.05, 0) is 49.2 Å². The van der Waals surface area contributed by atoms with Crippen molar-refractivity contribution >= 4 is 5.97 Å². The van der Waals surface area contributed by atoms with E-state index < -0.39 is 0 Å². The average molecular weight is 256 g/mol. The summed E-state index contributed by atoms with van der Waals surface area (Å²) in [7, 11) is 1.36. The van der Waals surface area contributed by atoms with Gasteiger partial charge < -0.3 is 9.47 Å². The van der Waals surface area contributed by atoms with Gasteiger partial charge in [0, 0.05) is 0 Å². The van der Waals surface area contributed by atoms with Gasteiger partial charge in [-0.3, -0.25) is 0 Å². The summed E-state index contributed by atoms with van der Waals surface area (Å²) in [5, 5.41) is 0. The Morgan fingerprint density at radius 1 is 0.947 bits per heavy atom. The van der Waals surface area contributed by atoms with Crippen molar-refractivity contribution in [2.24, 2.45) is 0 Å². The molecule has 3 heteroatoms. The zero-order chi connectivity index (χ0) is 13.8. The third-order valence-corrected chi connectivity index (χ3v) is 2.90. The standard InChI is InChI=1S/C16H16O3/c1-11-5-4-6-12(2)15(11)19-14-9-7-13(8-10-14)16(17)18-3/h4-10H,1-3H3. The summed E-state index contributed by atoms with van der Waals surface area (Å²) >= 11 is 0. The quantitative estimate of drug-likeness (QED) is 0.782. The fourth-order valence-corrected chi connectivity index (χ4v) is 1.85. The first-order chi connectivity index (χ1) is 9.11. The number of esters is 1. The fourth-order valence-electron chi connectivity index (χ4n) is 1.85. The first-order valence-corrected chi connectivity index (χ1v) is 6.04. The first kappa shape index (κ1) is 13.1. The zero-order valence-corrected chi connectivity index (χ0v) is 11.3. The molecule has 0 atom stereocenters. The van der Waals surface area contributed by atoms with Crippen LogP contribution in [-0.2, 0) is 4.74 Å². The predicted molar refractivity (Wildman–Crippen MR) is 73.8 cm³/mol. The van der Waals surface area contributed by atoms with Crippen LogP contribution in [-0.4, -0.2) is 13.1 Å². The van der Waals surface area contributed by atoms with Gasteiger partial charge in [0.05, 0.1) is 12.7 Å². The maximum atomic E-state index is 11.3. The second-order valence-corrected chi connectivity index (χ2v) is 4.34. The maximum Gasteiger partial charge on any atom is 0.337 e. The molecule has 0 radical (unpaired) electrons. The average Bonchev–Trinajstić information content (AvgIpc) is 2.43. The molecule has 3 nitrogen and oxygen atoms in total. The number of ether oxygens (including phenoxy) is 2. The molecule has 0 saturated carbocycles. The highest BCUT2D eigenvalue weighted by Gasteiger charge is 2.07. The number of methoxy groups -OCH3 is 1. The zero-order valence-electron chi connectivity index (χ0n) is 11.3. The molecule has 0 aliphatic carbocycles. The number of para-hydroxylation sites is 1. The number of rotatable bonds is 3. The molecule has 2 aromatic rings. The Kier molecular flexibility index (Phi) is 3.85. The minimum Gasteiger partial charge on any atom is -0.465 e. The number of hydrogen-bond acceptors (Lipinski definition) is 3. The van der Waals surface area contributed by atoms with Crippen LogP contribution < -0.4 is 4.74 Å². The van der Waals surface area contributed by atoms with Crippen LogP contribution in [0.4, 0.5) is 0 Å². The molecular weight excluding hydrogens is 240 g/mol. The second-order valence-electron chi connectivity index (χ2n) is 4.34. The van der Waals surface area contributed by atoms with Crippen LogP contribution in [0.25, 0.3) is 0 Å². The van der Waals surface area contributed by atoms with Crippen molar-refractivity contribution in [1.82, 2.24) is 0 Å². The van der Waals surface area contributed by atoms with Gasteiger partial charge >= 0.3 is 5.97 Å². The largest absolute Gasteiger partial charge is 0.465 e. The van der Waals surface area contributed by atoms with E-state index in [-0.39, 0.29) is 5.97 Å². The van der Waals surface area contributed by atoms with E-state index in [9.17, 15) is 4.79 Å². The number of benzene rings is 2. The van der Waals surface area contributed by atoms with Gasteiger partial charge in [-0.2, -0.15) is 0 Å². The van der Waals surface area contributed by atoms with Crippen LogP contribution >= 0.6 is 0 Å². The maximum absolute atomic E-state index is 11.3. The van der Waals surface area contributed by atoms with E-state index >= 15 is 0 Å². The van der Waals surface area contributed by atoms with E-state index in [1.54, 1.807) is 24.3 Å². The summed E-state index contributed by atoms with van der Waals surface area (Å²) in [6.45, 7) is 4.01. The smallest absolute Gasteiger partial charge is 0.337 e. The molecule has 2 rings (SSSR count). The summed E-state index contributed by atoms with van der Waals surface area (Å²) in [5.74, 6) is 1.21. The van der Waals surface area contributed by atoms with E-state index in [1.807, 2.05) is 32.0 Å².